The number of carbonyl (C=O) groups excluding carboxylic acids is 1. The number of furan rings is 1. The van der Waals surface area contributed by atoms with Crippen LogP contribution >= 0.6 is 0 Å². The van der Waals surface area contributed by atoms with Crippen LogP contribution in [0, 0.1) is 11.6 Å². The molecule has 168 valence electrons. The van der Waals surface area contributed by atoms with Crippen molar-refractivity contribution in [1.82, 2.24) is 9.97 Å². The fourth-order valence-electron chi connectivity index (χ4n) is 4.15. The molecule has 3 N–H and O–H groups in total. The molecule has 1 fully saturated rings. The van der Waals surface area contributed by atoms with Crippen LogP contribution in [0.2, 0.25) is 0 Å². The number of hydrogen-bond donors (Lipinski definition) is 2. The lowest BCUT2D eigenvalue weighted by Crippen LogP contribution is -2.43. The van der Waals surface area contributed by atoms with E-state index in [-0.39, 0.29) is 28.4 Å². The molecule has 0 spiro atoms. The summed E-state index contributed by atoms with van der Waals surface area (Å²) in [5.41, 5.74) is 7.94. The summed E-state index contributed by atoms with van der Waals surface area (Å²) in [7, 11) is 0. The van der Waals surface area contributed by atoms with Gasteiger partial charge >= 0.3 is 0 Å². The molecule has 33 heavy (non-hydrogen) atoms. The first-order valence-corrected chi connectivity index (χ1v) is 10.6. The number of anilines is 2. The third-order valence-electron chi connectivity index (χ3n) is 5.73. The minimum absolute atomic E-state index is 0.0674. The van der Waals surface area contributed by atoms with Gasteiger partial charge in [0.2, 0.25) is 0 Å². The predicted octanol–water partition coefficient (Wildman–Crippen LogP) is 4.35. The van der Waals surface area contributed by atoms with E-state index in [1.54, 1.807) is 18.5 Å². The van der Waals surface area contributed by atoms with Crippen molar-refractivity contribution in [2.75, 3.05) is 23.3 Å². The van der Waals surface area contributed by atoms with Crippen molar-refractivity contribution in [3.05, 3.63) is 72.4 Å². The summed E-state index contributed by atoms with van der Waals surface area (Å²) in [5, 5.41) is 2.85. The Hall–Kier alpha value is -3.85. The Labute approximate surface area is 188 Å². The second-order valence-electron chi connectivity index (χ2n) is 7.98. The number of nitrogens with two attached hydrogens (primary N) is 1. The SMILES string of the molecule is NC1CCCN(c2ccncc2NC(=O)c2ccc3occ(-c4c(F)cccc4F)c3n2)C1. The zero-order chi connectivity index (χ0) is 22.9. The van der Waals surface area contributed by atoms with Gasteiger partial charge in [-0.3, -0.25) is 9.78 Å². The summed E-state index contributed by atoms with van der Waals surface area (Å²) in [4.78, 5) is 23.6. The molecule has 1 saturated heterocycles. The highest BCUT2D eigenvalue weighted by molar-refractivity contribution is 6.06. The second-order valence-corrected chi connectivity index (χ2v) is 7.98. The third kappa shape index (κ3) is 4.03. The van der Waals surface area contributed by atoms with Crippen molar-refractivity contribution in [3.8, 4) is 11.1 Å². The van der Waals surface area contributed by atoms with Gasteiger partial charge in [-0.2, -0.15) is 0 Å². The Morgan fingerprint density at radius 3 is 2.79 bits per heavy atom. The molecule has 1 atom stereocenters. The number of benzene rings is 1. The van der Waals surface area contributed by atoms with E-state index in [0.29, 0.717) is 17.8 Å². The molecule has 0 radical (unpaired) electrons. The Bertz CT molecular complexity index is 1320. The van der Waals surface area contributed by atoms with Gasteiger partial charge in [0.15, 0.2) is 5.58 Å². The number of carbonyl (C=O) groups is 1. The number of hydrogen-bond acceptors (Lipinski definition) is 6. The van der Waals surface area contributed by atoms with Gasteiger partial charge < -0.3 is 20.4 Å². The molecular weight excluding hydrogens is 428 g/mol. The summed E-state index contributed by atoms with van der Waals surface area (Å²) in [6.45, 7) is 1.51. The normalized spacial score (nSPS) is 16.2. The topological polar surface area (TPSA) is 97.3 Å². The molecule has 1 aromatic carbocycles. The lowest BCUT2D eigenvalue weighted by Gasteiger charge is -2.33. The van der Waals surface area contributed by atoms with Crippen LogP contribution in [-0.4, -0.2) is 35.0 Å². The number of piperidine rings is 1. The lowest BCUT2D eigenvalue weighted by molar-refractivity contribution is 0.102. The van der Waals surface area contributed by atoms with Crippen molar-refractivity contribution >= 4 is 28.4 Å². The standard InChI is InChI=1S/C24H21F2N5O2/c25-16-4-1-5-17(26)22(16)15-13-33-21-7-6-18(29-23(15)21)24(32)30-19-11-28-9-8-20(19)31-10-2-3-14(27)12-31/h1,4-9,11,13-14H,2-3,10,12,27H2,(H,30,32). The van der Waals surface area contributed by atoms with Crippen LogP contribution in [0.1, 0.15) is 23.3 Å². The summed E-state index contributed by atoms with van der Waals surface area (Å²) in [6.07, 6.45) is 6.40. The third-order valence-corrected chi connectivity index (χ3v) is 5.73. The molecule has 0 bridgehead atoms. The van der Waals surface area contributed by atoms with Crippen LogP contribution < -0.4 is 16.0 Å². The highest BCUT2D eigenvalue weighted by Gasteiger charge is 2.22. The highest BCUT2D eigenvalue weighted by atomic mass is 19.1. The van der Waals surface area contributed by atoms with E-state index < -0.39 is 17.5 Å². The van der Waals surface area contributed by atoms with Gasteiger partial charge in [0, 0.05) is 25.3 Å². The number of nitrogens with zero attached hydrogens (tertiary/aromatic N) is 3. The Kier molecular flexibility index (Phi) is 5.47. The van der Waals surface area contributed by atoms with E-state index in [4.69, 9.17) is 10.2 Å². The predicted molar refractivity (Wildman–Crippen MR) is 121 cm³/mol. The Balaban J connectivity index is 1.47. The van der Waals surface area contributed by atoms with Crippen LogP contribution in [0.5, 0.6) is 0 Å². The minimum Gasteiger partial charge on any atom is -0.462 e. The molecule has 0 aliphatic carbocycles. The number of aromatic nitrogens is 2. The molecule has 1 amide bonds. The summed E-state index contributed by atoms with van der Waals surface area (Å²) in [5.74, 6) is -1.96. The quantitative estimate of drug-likeness (QED) is 0.481. The maximum absolute atomic E-state index is 14.3. The van der Waals surface area contributed by atoms with E-state index in [1.807, 2.05) is 6.07 Å². The van der Waals surface area contributed by atoms with Crippen LogP contribution in [0.3, 0.4) is 0 Å². The van der Waals surface area contributed by atoms with Crippen molar-refractivity contribution in [3.63, 3.8) is 0 Å². The van der Waals surface area contributed by atoms with Crippen molar-refractivity contribution in [2.24, 2.45) is 5.73 Å². The highest BCUT2D eigenvalue weighted by Crippen LogP contribution is 2.33. The monoisotopic (exact) mass is 449 g/mol. The zero-order valence-corrected chi connectivity index (χ0v) is 17.6. The van der Waals surface area contributed by atoms with E-state index in [0.717, 1.165) is 37.2 Å². The molecule has 0 saturated carbocycles. The van der Waals surface area contributed by atoms with Gasteiger partial charge in [0.25, 0.3) is 5.91 Å². The molecule has 1 aliphatic heterocycles. The van der Waals surface area contributed by atoms with Crippen molar-refractivity contribution < 1.29 is 18.0 Å². The molecule has 1 aliphatic rings. The molecular formula is C24H21F2N5O2. The molecule has 4 aromatic rings. The van der Waals surface area contributed by atoms with Crippen molar-refractivity contribution in [1.29, 1.82) is 0 Å². The van der Waals surface area contributed by atoms with Crippen LogP contribution in [-0.2, 0) is 0 Å². The average molecular weight is 449 g/mol. The minimum atomic E-state index is -0.742. The van der Waals surface area contributed by atoms with E-state index in [9.17, 15) is 13.6 Å². The van der Waals surface area contributed by atoms with Crippen molar-refractivity contribution in [2.45, 2.75) is 18.9 Å². The second kappa shape index (κ2) is 8.59. The zero-order valence-electron chi connectivity index (χ0n) is 17.6. The molecule has 7 nitrogen and oxygen atoms in total. The van der Waals surface area contributed by atoms with E-state index >= 15 is 0 Å². The summed E-state index contributed by atoms with van der Waals surface area (Å²) in [6, 6.07) is 8.54. The fourth-order valence-corrected chi connectivity index (χ4v) is 4.15. The number of fused-ring (bicyclic) bond motifs is 1. The molecule has 5 rings (SSSR count). The lowest BCUT2D eigenvalue weighted by atomic mass is 10.1. The smallest absolute Gasteiger partial charge is 0.274 e. The van der Waals surface area contributed by atoms with Gasteiger partial charge in [-0.1, -0.05) is 6.07 Å². The molecule has 9 heteroatoms. The van der Waals surface area contributed by atoms with Crippen LogP contribution in [0.15, 0.2) is 59.5 Å². The number of rotatable bonds is 4. The maximum atomic E-state index is 14.3. The van der Waals surface area contributed by atoms with Crippen LogP contribution in [0.4, 0.5) is 20.2 Å². The largest absolute Gasteiger partial charge is 0.462 e. The number of pyridine rings is 2. The van der Waals surface area contributed by atoms with Gasteiger partial charge in [-0.25, -0.2) is 13.8 Å². The first-order valence-electron chi connectivity index (χ1n) is 10.6. The van der Waals surface area contributed by atoms with Crippen LogP contribution in [0.25, 0.3) is 22.2 Å². The number of halogens is 2. The first kappa shape index (κ1) is 21.0. The average Bonchev–Trinajstić information content (AvgIpc) is 3.22. The van der Waals surface area contributed by atoms with Gasteiger partial charge in [-0.05, 0) is 43.2 Å². The first-order chi connectivity index (χ1) is 16.0. The maximum Gasteiger partial charge on any atom is 0.274 e. The summed E-state index contributed by atoms with van der Waals surface area (Å²) < 4.78 is 34.1. The number of nitrogens with one attached hydrogen (secondary N) is 1. The molecule has 1 unspecified atom stereocenters. The van der Waals surface area contributed by atoms with Gasteiger partial charge in [0.1, 0.15) is 29.1 Å². The Morgan fingerprint density at radius 1 is 1.18 bits per heavy atom. The Morgan fingerprint density at radius 2 is 2.00 bits per heavy atom. The van der Waals surface area contributed by atoms with Gasteiger partial charge in [0.05, 0.1) is 28.7 Å². The fraction of sp³-hybridized carbons (Fsp3) is 0.208. The molecule has 3 aromatic heterocycles. The van der Waals surface area contributed by atoms with E-state index in [2.05, 4.69) is 20.2 Å². The molecule has 4 heterocycles. The summed E-state index contributed by atoms with van der Waals surface area (Å²) >= 11 is 0. The van der Waals surface area contributed by atoms with Gasteiger partial charge in [-0.15, -0.1) is 0 Å². The number of amides is 1. The van der Waals surface area contributed by atoms with E-state index in [1.165, 1.54) is 18.4 Å².